The SMILES string of the molecule is Nc1ccc(N2CCCN(C(=O)CC3SC(=O)NC3=O)CC2)cc1. The molecule has 1 aromatic rings. The van der Waals surface area contributed by atoms with Gasteiger partial charge in [-0.1, -0.05) is 11.8 Å². The molecular formula is C16H20N4O3S. The van der Waals surface area contributed by atoms with Gasteiger partial charge in [-0.2, -0.15) is 0 Å². The largest absolute Gasteiger partial charge is 0.399 e. The maximum Gasteiger partial charge on any atom is 0.286 e. The van der Waals surface area contributed by atoms with E-state index in [1.807, 2.05) is 24.3 Å². The fraction of sp³-hybridized carbons (Fsp3) is 0.438. The molecule has 2 aliphatic rings. The predicted molar refractivity (Wildman–Crippen MR) is 93.8 cm³/mol. The molecule has 0 saturated carbocycles. The van der Waals surface area contributed by atoms with Crippen LogP contribution in [-0.2, 0) is 9.59 Å². The molecule has 0 aromatic heterocycles. The lowest BCUT2D eigenvalue weighted by atomic mass is 10.2. The van der Waals surface area contributed by atoms with Gasteiger partial charge in [-0.15, -0.1) is 0 Å². The van der Waals surface area contributed by atoms with Gasteiger partial charge in [0.2, 0.25) is 11.8 Å². The number of carbonyl (C=O) groups excluding carboxylic acids is 3. The molecule has 1 atom stereocenters. The Labute approximate surface area is 144 Å². The van der Waals surface area contributed by atoms with Crippen molar-refractivity contribution >= 4 is 40.2 Å². The number of benzene rings is 1. The summed E-state index contributed by atoms with van der Waals surface area (Å²) in [5.41, 5.74) is 7.54. The Bertz CT molecular complexity index is 649. The number of hydrogen-bond donors (Lipinski definition) is 2. The van der Waals surface area contributed by atoms with Crippen LogP contribution in [0.25, 0.3) is 0 Å². The number of hydrogen-bond acceptors (Lipinski definition) is 6. The van der Waals surface area contributed by atoms with E-state index in [9.17, 15) is 14.4 Å². The summed E-state index contributed by atoms with van der Waals surface area (Å²) < 4.78 is 0. The second-order valence-electron chi connectivity index (χ2n) is 5.90. The first-order valence-electron chi connectivity index (χ1n) is 7.92. The van der Waals surface area contributed by atoms with Crippen LogP contribution in [0.2, 0.25) is 0 Å². The summed E-state index contributed by atoms with van der Waals surface area (Å²) in [5.74, 6) is -0.437. The Hall–Kier alpha value is -2.22. The summed E-state index contributed by atoms with van der Waals surface area (Å²) in [6.45, 7) is 2.87. The predicted octanol–water partition coefficient (Wildman–Crippen LogP) is 1.05. The molecule has 2 saturated heterocycles. The summed E-state index contributed by atoms with van der Waals surface area (Å²) in [5, 5.41) is 1.25. The van der Waals surface area contributed by atoms with Crippen molar-refractivity contribution in [2.24, 2.45) is 0 Å². The molecule has 3 N–H and O–H groups in total. The normalized spacial score (nSPS) is 21.6. The number of thioether (sulfide) groups is 1. The molecule has 2 aliphatic heterocycles. The van der Waals surface area contributed by atoms with E-state index < -0.39 is 5.25 Å². The van der Waals surface area contributed by atoms with Crippen LogP contribution in [-0.4, -0.2) is 53.4 Å². The minimum Gasteiger partial charge on any atom is -0.399 e. The maximum absolute atomic E-state index is 12.4. The van der Waals surface area contributed by atoms with Crippen molar-refractivity contribution in [1.29, 1.82) is 0 Å². The molecule has 3 rings (SSSR count). The third-order valence-corrected chi connectivity index (χ3v) is 5.22. The van der Waals surface area contributed by atoms with E-state index in [4.69, 9.17) is 5.73 Å². The van der Waals surface area contributed by atoms with Crippen LogP contribution in [0, 0.1) is 0 Å². The quantitative estimate of drug-likeness (QED) is 0.793. The Kier molecular flexibility index (Phi) is 4.94. The summed E-state index contributed by atoms with van der Waals surface area (Å²) in [4.78, 5) is 39.2. The van der Waals surface area contributed by atoms with Crippen LogP contribution in [0.4, 0.5) is 16.2 Å². The Balaban J connectivity index is 1.57. The van der Waals surface area contributed by atoms with Crippen molar-refractivity contribution in [1.82, 2.24) is 10.2 Å². The van der Waals surface area contributed by atoms with Gasteiger partial charge in [0.15, 0.2) is 0 Å². The number of nitrogen functional groups attached to an aromatic ring is 1. The van der Waals surface area contributed by atoms with Crippen molar-refractivity contribution in [3.63, 3.8) is 0 Å². The van der Waals surface area contributed by atoms with Gasteiger partial charge in [0.05, 0.1) is 0 Å². The van der Waals surface area contributed by atoms with Gasteiger partial charge in [-0.05, 0) is 30.7 Å². The van der Waals surface area contributed by atoms with E-state index in [1.54, 1.807) is 4.90 Å². The molecular weight excluding hydrogens is 328 g/mol. The standard InChI is InChI=1S/C16H20N4O3S/c17-11-2-4-12(5-3-11)19-6-1-7-20(9-8-19)14(21)10-13-15(22)18-16(23)24-13/h2-5,13H,1,6-10,17H2,(H,18,22,23). The highest BCUT2D eigenvalue weighted by molar-refractivity contribution is 8.15. The van der Waals surface area contributed by atoms with Crippen molar-refractivity contribution in [2.45, 2.75) is 18.1 Å². The first-order chi connectivity index (χ1) is 11.5. The van der Waals surface area contributed by atoms with Gasteiger partial charge in [-0.25, -0.2) is 0 Å². The topological polar surface area (TPSA) is 95.7 Å². The van der Waals surface area contributed by atoms with E-state index in [1.165, 1.54) is 0 Å². The van der Waals surface area contributed by atoms with Crippen LogP contribution in [0.3, 0.4) is 0 Å². The lowest BCUT2D eigenvalue weighted by molar-refractivity contribution is -0.132. The average molecular weight is 348 g/mol. The highest BCUT2D eigenvalue weighted by Gasteiger charge is 2.34. The number of rotatable bonds is 3. The molecule has 2 heterocycles. The summed E-state index contributed by atoms with van der Waals surface area (Å²) in [6, 6.07) is 7.71. The molecule has 1 aromatic carbocycles. The number of nitrogens with zero attached hydrogens (tertiary/aromatic N) is 2. The zero-order valence-electron chi connectivity index (χ0n) is 13.2. The van der Waals surface area contributed by atoms with Crippen molar-refractivity contribution < 1.29 is 14.4 Å². The molecule has 7 nitrogen and oxygen atoms in total. The van der Waals surface area contributed by atoms with Crippen LogP contribution in [0.15, 0.2) is 24.3 Å². The van der Waals surface area contributed by atoms with Gasteiger partial charge in [-0.3, -0.25) is 19.7 Å². The fourth-order valence-corrected chi connectivity index (χ4v) is 3.74. The van der Waals surface area contributed by atoms with Crippen molar-refractivity contribution in [3.05, 3.63) is 24.3 Å². The highest BCUT2D eigenvalue weighted by atomic mass is 32.2. The van der Waals surface area contributed by atoms with Crippen LogP contribution in [0.5, 0.6) is 0 Å². The first-order valence-corrected chi connectivity index (χ1v) is 8.80. The fourth-order valence-electron chi connectivity index (χ4n) is 2.93. The van der Waals surface area contributed by atoms with Crippen LogP contribution in [0.1, 0.15) is 12.8 Å². The molecule has 24 heavy (non-hydrogen) atoms. The van der Waals surface area contributed by atoms with Gasteiger partial charge in [0, 0.05) is 44.0 Å². The zero-order chi connectivity index (χ0) is 17.1. The third-order valence-electron chi connectivity index (χ3n) is 4.23. The number of nitrogens with one attached hydrogen (secondary N) is 1. The maximum atomic E-state index is 12.4. The summed E-state index contributed by atoms with van der Waals surface area (Å²) in [7, 11) is 0. The molecule has 0 bridgehead atoms. The number of amides is 3. The van der Waals surface area contributed by atoms with Crippen molar-refractivity contribution in [2.75, 3.05) is 36.8 Å². The van der Waals surface area contributed by atoms with Gasteiger partial charge >= 0.3 is 0 Å². The Morgan fingerprint density at radius 2 is 1.92 bits per heavy atom. The van der Waals surface area contributed by atoms with E-state index in [0.29, 0.717) is 13.1 Å². The number of carbonyl (C=O) groups is 3. The van der Waals surface area contributed by atoms with Gasteiger partial charge < -0.3 is 15.5 Å². The van der Waals surface area contributed by atoms with Crippen molar-refractivity contribution in [3.8, 4) is 0 Å². The first kappa shape index (κ1) is 16.6. The molecule has 8 heteroatoms. The average Bonchev–Trinajstić information content (AvgIpc) is 2.76. The summed E-state index contributed by atoms with van der Waals surface area (Å²) in [6.07, 6.45) is 0.934. The Morgan fingerprint density at radius 1 is 1.17 bits per heavy atom. The van der Waals surface area contributed by atoms with E-state index in [-0.39, 0.29) is 23.5 Å². The monoisotopic (exact) mass is 348 g/mol. The van der Waals surface area contributed by atoms with Gasteiger partial charge in [0.25, 0.3) is 5.24 Å². The second-order valence-corrected chi connectivity index (χ2v) is 7.08. The third kappa shape index (κ3) is 3.81. The van der Waals surface area contributed by atoms with Gasteiger partial charge in [0.1, 0.15) is 5.25 Å². The van der Waals surface area contributed by atoms with Crippen LogP contribution >= 0.6 is 11.8 Å². The smallest absolute Gasteiger partial charge is 0.286 e. The number of nitrogens with two attached hydrogens (primary N) is 1. The summed E-state index contributed by atoms with van der Waals surface area (Å²) >= 11 is 0.901. The molecule has 1 unspecified atom stereocenters. The zero-order valence-corrected chi connectivity index (χ0v) is 14.1. The minimum atomic E-state index is -0.596. The lowest BCUT2D eigenvalue weighted by Crippen LogP contribution is -2.37. The Morgan fingerprint density at radius 3 is 2.58 bits per heavy atom. The molecule has 0 radical (unpaired) electrons. The lowest BCUT2D eigenvalue weighted by Gasteiger charge is -2.24. The number of anilines is 2. The van der Waals surface area contributed by atoms with Crippen LogP contribution < -0.4 is 16.0 Å². The minimum absolute atomic E-state index is 0.0727. The molecule has 0 spiro atoms. The molecule has 0 aliphatic carbocycles. The number of imide groups is 1. The second kappa shape index (κ2) is 7.12. The molecule has 128 valence electrons. The highest BCUT2D eigenvalue weighted by Crippen LogP contribution is 2.23. The van der Waals surface area contributed by atoms with E-state index in [0.717, 1.165) is 42.6 Å². The van der Waals surface area contributed by atoms with E-state index in [2.05, 4.69) is 10.2 Å². The molecule has 2 fully saturated rings. The molecule has 3 amide bonds. The van der Waals surface area contributed by atoms with E-state index >= 15 is 0 Å².